The van der Waals surface area contributed by atoms with E-state index in [1.165, 1.54) is 0 Å². The predicted molar refractivity (Wildman–Crippen MR) is 209 cm³/mol. The third kappa shape index (κ3) is 4.96. The van der Waals surface area contributed by atoms with Gasteiger partial charge in [0.25, 0.3) is 0 Å². The van der Waals surface area contributed by atoms with Crippen molar-refractivity contribution in [1.82, 2.24) is 15.0 Å². The van der Waals surface area contributed by atoms with Gasteiger partial charge in [0.15, 0.2) is 5.82 Å². The Kier molecular flexibility index (Phi) is 6.78. The summed E-state index contributed by atoms with van der Waals surface area (Å²) in [6.07, 6.45) is 0. The van der Waals surface area contributed by atoms with Crippen molar-refractivity contribution in [3.8, 4) is 56.3 Å². The van der Waals surface area contributed by atoms with Crippen LogP contribution in [0.25, 0.3) is 99.9 Å². The van der Waals surface area contributed by atoms with Gasteiger partial charge in [0.05, 0.1) is 22.6 Å². The lowest BCUT2D eigenvalue weighted by atomic mass is 9.97. The van der Waals surface area contributed by atoms with E-state index >= 15 is 0 Å². The van der Waals surface area contributed by atoms with Gasteiger partial charge in [0, 0.05) is 49.2 Å². The molecule has 10 aromatic rings. The Morgan fingerprint density at radius 2 is 0.980 bits per heavy atom. The lowest BCUT2D eigenvalue weighted by Gasteiger charge is -2.13. The van der Waals surface area contributed by atoms with Crippen molar-refractivity contribution in [3.63, 3.8) is 0 Å². The number of nitrogens with zero attached hydrogens (tertiary/aromatic N) is 3. The Morgan fingerprint density at radius 1 is 0.373 bits per heavy atom. The van der Waals surface area contributed by atoms with Crippen molar-refractivity contribution >= 4 is 43.6 Å². The Hall–Kier alpha value is -6.91. The minimum Gasteiger partial charge on any atom is -0.455 e. The first-order valence-corrected chi connectivity index (χ1v) is 17.1. The highest BCUT2D eigenvalue weighted by atomic mass is 16.3. The van der Waals surface area contributed by atoms with Crippen LogP contribution < -0.4 is 0 Å². The maximum atomic E-state index is 6.75. The zero-order valence-electron chi connectivity index (χ0n) is 27.5. The van der Waals surface area contributed by atoms with E-state index in [0.717, 1.165) is 94.1 Å². The Morgan fingerprint density at radius 3 is 1.75 bits per heavy atom. The number of hydrogen-bond acceptors (Lipinski definition) is 4. The minimum absolute atomic E-state index is 0.682. The van der Waals surface area contributed by atoms with Crippen molar-refractivity contribution < 1.29 is 4.42 Å². The number of hydrogen-bond donors (Lipinski definition) is 0. The summed E-state index contributed by atoms with van der Waals surface area (Å²) in [6, 6.07) is 60.6. The van der Waals surface area contributed by atoms with E-state index in [9.17, 15) is 0 Å². The zero-order valence-corrected chi connectivity index (χ0v) is 27.5. The molecule has 0 aliphatic carbocycles. The molecule has 0 atom stereocenters. The molecule has 51 heavy (non-hydrogen) atoms. The van der Waals surface area contributed by atoms with E-state index in [0.29, 0.717) is 5.82 Å². The molecule has 3 aromatic heterocycles. The van der Waals surface area contributed by atoms with Crippen LogP contribution in [0.1, 0.15) is 0 Å². The minimum atomic E-state index is 0.682. The van der Waals surface area contributed by atoms with Crippen molar-refractivity contribution in [2.24, 2.45) is 0 Å². The molecule has 7 aromatic carbocycles. The van der Waals surface area contributed by atoms with E-state index in [1.807, 2.05) is 36.4 Å². The average Bonchev–Trinajstić information content (AvgIpc) is 3.59. The summed E-state index contributed by atoms with van der Waals surface area (Å²) in [5.74, 6) is 0.682. The summed E-state index contributed by atoms with van der Waals surface area (Å²) < 4.78 is 6.75. The predicted octanol–water partition coefficient (Wildman–Crippen LogP) is 12.4. The third-order valence-electron chi connectivity index (χ3n) is 9.69. The van der Waals surface area contributed by atoms with E-state index in [-0.39, 0.29) is 0 Å². The van der Waals surface area contributed by atoms with Crippen LogP contribution in [-0.2, 0) is 0 Å². The SMILES string of the molecule is c1ccc(-c2cc(-c3ccc4oc5c(ccc6c(-c7ccccc7)nc7ccccc7c65)c4c3)nc(-c3ccccc3-c3ccccc3)n2)cc1. The molecular formula is C47H29N3O. The monoisotopic (exact) mass is 651 g/mol. The molecule has 0 N–H and O–H groups in total. The third-order valence-corrected chi connectivity index (χ3v) is 9.69. The molecule has 10 rings (SSSR count). The second-order valence-electron chi connectivity index (χ2n) is 12.8. The first kappa shape index (κ1) is 29.0. The summed E-state index contributed by atoms with van der Waals surface area (Å²) in [6.45, 7) is 0. The standard InChI is InChI=1S/C47H29N3O/c1-4-14-30(15-5-1)34-20-10-11-21-36(34)47-49-41(31-16-6-2-7-17-31)29-42(50-47)33-24-27-43-39(28-33)35-25-26-38-44(46(35)51-43)37-22-12-13-23-40(37)48-45(38)32-18-8-3-9-19-32/h1-29H. The van der Waals surface area contributed by atoms with E-state index in [2.05, 4.69) is 140 Å². The summed E-state index contributed by atoms with van der Waals surface area (Å²) in [5, 5.41) is 5.31. The number of benzene rings is 7. The fourth-order valence-electron chi connectivity index (χ4n) is 7.26. The number of furan rings is 1. The Labute approximate surface area is 294 Å². The van der Waals surface area contributed by atoms with E-state index in [4.69, 9.17) is 19.4 Å². The van der Waals surface area contributed by atoms with Crippen LogP contribution in [-0.4, -0.2) is 15.0 Å². The van der Waals surface area contributed by atoms with Crippen LogP contribution in [0, 0.1) is 0 Å². The topological polar surface area (TPSA) is 51.8 Å². The molecule has 4 heteroatoms. The number of para-hydroxylation sites is 1. The van der Waals surface area contributed by atoms with Crippen LogP contribution >= 0.6 is 0 Å². The second kappa shape index (κ2) is 11.9. The van der Waals surface area contributed by atoms with Gasteiger partial charge in [-0.25, -0.2) is 15.0 Å². The van der Waals surface area contributed by atoms with Crippen molar-refractivity contribution in [1.29, 1.82) is 0 Å². The average molecular weight is 652 g/mol. The van der Waals surface area contributed by atoms with Gasteiger partial charge in [-0.15, -0.1) is 0 Å². The van der Waals surface area contributed by atoms with Crippen molar-refractivity contribution in [3.05, 3.63) is 176 Å². The van der Waals surface area contributed by atoms with Crippen molar-refractivity contribution in [2.75, 3.05) is 0 Å². The molecule has 4 nitrogen and oxygen atoms in total. The molecule has 0 spiro atoms. The molecule has 0 aliphatic heterocycles. The van der Waals surface area contributed by atoms with Crippen LogP contribution in [0.5, 0.6) is 0 Å². The molecule has 0 aliphatic rings. The maximum Gasteiger partial charge on any atom is 0.161 e. The molecule has 0 saturated heterocycles. The lowest BCUT2D eigenvalue weighted by Crippen LogP contribution is -1.97. The van der Waals surface area contributed by atoms with Gasteiger partial charge >= 0.3 is 0 Å². The summed E-state index contributed by atoms with van der Waals surface area (Å²) in [4.78, 5) is 15.5. The first-order chi connectivity index (χ1) is 25.3. The van der Waals surface area contributed by atoms with Gasteiger partial charge in [0.2, 0.25) is 0 Å². The quantitative estimate of drug-likeness (QED) is 0.174. The first-order valence-electron chi connectivity index (χ1n) is 17.1. The molecule has 0 fully saturated rings. The number of pyridine rings is 1. The molecule has 0 bridgehead atoms. The zero-order chi connectivity index (χ0) is 33.7. The highest BCUT2D eigenvalue weighted by molar-refractivity contribution is 6.24. The number of aromatic nitrogens is 3. The fourth-order valence-corrected chi connectivity index (χ4v) is 7.26. The second-order valence-corrected chi connectivity index (χ2v) is 12.8. The molecular weight excluding hydrogens is 623 g/mol. The normalized spacial score (nSPS) is 11.5. The van der Waals surface area contributed by atoms with Crippen LogP contribution in [0.4, 0.5) is 0 Å². The highest BCUT2D eigenvalue weighted by Crippen LogP contribution is 2.42. The molecule has 0 unspecified atom stereocenters. The smallest absolute Gasteiger partial charge is 0.161 e. The number of rotatable bonds is 5. The highest BCUT2D eigenvalue weighted by Gasteiger charge is 2.19. The maximum absolute atomic E-state index is 6.75. The molecule has 0 amide bonds. The molecule has 238 valence electrons. The number of fused-ring (bicyclic) bond motifs is 7. The summed E-state index contributed by atoms with van der Waals surface area (Å²) in [5.41, 5.74) is 11.6. The van der Waals surface area contributed by atoms with Gasteiger partial charge in [-0.05, 0) is 47.5 Å². The van der Waals surface area contributed by atoms with Gasteiger partial charge in [-0.3, -0.25) is 0 Å². The van der Waals surface area contributed by atoms with Crippen molar-refractivity contribution in [2.45, 2.75) is 0 Å². The summed E-state index contributed by atoms with van der Waals surface area (Å²) in [7, 11) is 0. The van der Waals surface area contributed by atoms with Gasteiger partial charge in [0.1, 0.15) is 11.2 Å². The van der Waals surface area contributed by atoms with Gasteiger partial charge in [-0.2, -0.15) is 0 Å². The Bertz CT molecular complexity index is 2900. The Balaban J connectivity index is 1.20. The van der Waals surface area contributed by atoms with E-state index in [1.54, 1.807) is 0 Å². The molecule has 0 saturated carbocycles. The van der Waals surface area contributed by atoms with E-state index < -0.39 is 0 Å². The van der Waals surface area contributed by atoms with Gasteiger partial charge < -0.3 is 4.42 Å². The summed E-state index contributed by atoms with van der Waals surface area (Å²) >= 11 is 0. The van der Waals surface area contributed by atoms with Gasteiger partial charge in [-0.1, -0.05) is 140 Å². The van der Waals surface area contributed by atoms with Crippen LogP contribution in [0.15, 0.2) is 180 Å². The van der Waals surface area contributed by atoms with Crippen LogP contribution in [0.3, 0.4) is 0 Å². The largest absolute Gasteiger partial charge is 0.455 e. The molecule has 0 radical (unpaired) electrons. The fraction of sp³-hybridized carbons (Fsp3) is 0. The molecule has 3 heterocycles. The lowest BCUT2D eigenvalue weighted by molar-refractivity contribution is 0.673. The van der Waals surface area contributed by atoms with Crippen LogP contribution in [0.2, 0.25) is 0 Å².